The highest BCUT2D eigenvalue weighted by Gasteiger charge is 2.30. The first kappa shape index (κ1) is 26.1. The Morgan fingerprint density at radius 1 is 0.763 bits per heavy atom. The van der Waals surface area contributed by atoms with Crippen LogP contribution in [0.4, 0.5) is 0 Å². The molecule has 198 valence electrons. The fraction of sp³-hybridized carbons (Fsp3) is 0.406. The molecule has 38 heavy (non-hydrogen) atoms. The van der Waals surface area contributed by atoms with Crippen LogP contribution in [0.25, 0.3) is 22.5 Å². The molecule has 0 atom stereocenters. The van der Waals surface area contributed by atoms with Gasteiger partial charge in [0.25, 0.3) is 5.91 Å². The van der Waals surface area contributed by atoms with E-state index in [1.807, 2.05) is 82.6 Å². The summed E-state index contributed by atoms with van der Waals surface area (Å²) in [4.78, 5) is 37.5. The predicted octanol–water partition coefficient (Wildman–Crippen LogP) is 5.35. The first-order valence-electron chi connectivity index (χ1n) is 14.1. The molecule has 2 aromatic carbocycles. The van der Waals surface area contributed by atoms with Crippen molar-refractivity contribution < 1.29 is 9.59 Å². The molecule has 3 aromatic rings. The summed E-state index contributed by atoms with van der Waals surface area (Å²) in [6.45, 7) is 7.03. The second-order valence-electron chi connectivity index (χ2n) is 10.4. The van der Waals surface area contributed by atoms with Crippen molar-refractivity contribution in [3.63, 3.8) is 0 Å². The summed E-state index contributed by atoms with van der Waals surface area (Å²) in [6, 6.07) is 24.5. The SMILES string of the molecule is CCCCC(=O)N1CCC(N2CCN(C(=O)c3cc(-c4ccccc4)nc(-c4ccccc4)c3)CC2)CC1. The Morgan fingerprint density at radius 3 is 1.84 bits per heavy atom. The average molecular weight is 511 g/mol. The van der Waals surface area contributed by atoms with Crippen LogP contribution in [-0.4, -0.2) is 76.8 Å². The number of rotatable bonds is 7. The Balaban J connectivity index is 1.24. The van der Waals surface area contributed by atoms with Gasteiger partial charge < -0.3 is 9.80 Å². The Morgan fingerprint density at radius 2 is 1.32 bits per heavy atom. The predicted molar refractivity (Wildman–Crippen MR) is 152 cm³/mol. The zero-order valence-electron chi connectivity index (χ0n) is 22.4. The number of nitrogens with zero attached hydrogens (tertiary/aromatic N) is 4. The van der Waals surface area contributed by atoms with Crippen molar-refractivity contribution in [1.82, 2.24) is 19.7 Å². The summed E-state index contributed by atoms with van der Waals surface area (Å²) in [5, 5.41) is 0. The summed E-state index contributed by atoms with van der Waals surface area (Å²) < 4.78 is 0. The topological polar surface area (TPSA) is 56.8 Å². The van der Waals surface area contributed by atoms with E-state index in [-0.39, 0.29) is 5.91 Å². The maximum Gasteiger partial charge on any atom is 0.254 e. The number of hydrogen-bond donors (Lipinski definition) is 0. The number of hydrogen-bond acceptors (Lipinski definition) is 4. The molecule has 5 rings (SSSR count). The number of carbonyl (C=O) groups is 2. The van der Waals surface area contributed by atoms with Crippen molar-refractivity contribution in [3.8, 4) is 22.5 Å². The van der Waals surface area contributed by atoms with Crippen LogP contribution in [0, 0.1) is 0 Å². The van der Waals surface area contributed by atoms with Gasteiger partial charge >= 0.3 is 0 Å². The van der Waals surface area contributed by atoms with Crippen molar-refractivity contribution in [2.45, 2.75) is 45.1 Å². The van der Waals surface area contributed by atoms with Gasteiger partial charge in [-0.2, -0.15) is 0 Å². The van der Waals surface area contributed by atoms with E-state index in [9.17, 15) is 9.59 Å². The molecular weight excluding hydrogens is 472 g/mol. The maximum absolute atomic E-state index is 13.7. The van der Waals surface area contributed by atoms with Crippen LogP contribution in [0.15, 0.2) is 72.8 Å². The minimum Gasteiger partial charge on any atom is -0.343 e. The van der Waals surface area contributed by atoms with Gasteiger partial charge in [0.1, 0.15) is 0 Å². The zero-order chi connectivity index (χ0) is 26.3. The molecule has 0 N–H and O–H groups in total. The number of piperazine rings is 1. The molecule has 2 fully saturated rings. The molecule has 3 heterocycles. The highest BCUT2D eigenvalue weighted by molar-refractivity contribution is 5.96. The molecule has 2 saturated heterocycles. The van der Waals surface area contributed by atoms with E-state index in [1.165, 1.54) is 0 Å². The first-order valence-corrected chi connectivity index (χ1v) is 14.1. The maximum atomic E-state index is 13.7. The molecule has 6 heteroatoms. The quantitative estimate of drug-likeness (QED) is 0.430. The Kier molecular flexibility index (Phi) is 8.49. The third-order valence-electron chi connectivity index (χ3n) is 7.89. The van der Waals surface area contributed by atoms with Gasteiger partial charge in [0, 0.05) is 68.4 Å². The molecule has 1 aromatic heterocycles. The molecule has 0 bridgehead atoms. The minimum atomic E-state index is 0.0674. The van der Waals surface area contributed by atoms with Crippen LogP contribution in [0.3, 0.4) is 0 Å². The summed E-state index contributed by atoms with van der Waals surface area (Å²) in [5.74, 6) is 0.376. The van der Waals surface area contributed by atoms with Gasteiger partial charge in [-0.05, 0) is 31.4 Å². The molecule has 2 aliphatic heterocycles. The lowest BCUT2D eigenvalue weighted by molar-refractivity contribution is -0.133. The Bertz CT molecular complexity index is 1160. The first-order chi connectivity index (χ1) is 18.6. The third-order valence-corrected chi connectivity index (χ3v) is 7.89. The van der Waals surface area contributed by atoms with Crippen molar-refractivity contribution in [1.29, 1.82) is 0 Å². The van der Waals surface area contributed by atoms with E-state index >= 15 is 0 Å². The highest BCUT2D eigenvalue weighted by Crippen LogP contribution is 2.26. The number of unbranched alkanes of at least 4 members (excludes halogenated alkanes) is 1. The monoisotopic (exact) mass is 510 g/mol. The molecule has 2 amide bonds. The number of likely N-dealkylation sites (tertiary alicyclic amines) is 1. The molecule has 0 aliphatic carbocycles. The molecule has 2 aliphatic rings. The van der Waals surface area contributed by atoms with Crippen LogP contribution in [0.1, 0.15) is 49.4 Å². The van der Waals surface area contributed by atoms with Crippen LogP contribution in [0.5, 0.6) is 0 Å². The summed E-state index contributed by atoms with van der Waals surface area (Å²) in [6.07, 6.45) is 4.76. The number of benzene rings is 2. The van der Waals surface area contributed by atoms with E-state index in [0.29, 0.717) is 23.9 Å². The summed E-state index contributed by atoms with van der Waals surface area (Å²) >= 11 is 0. The van der Waals surface area contributed by atoms with Gasteiger partial charge in [0.2, 0.25) is 5.91 Å². The van der Waals surface area contributed by atoms with Crippen molar-refractivity contribution in [3.05, 3.63) is 78.4 Å². The largest absolute Gasteiger partial charge is 0.343 e. The smallest absolute Gasteiger partial charge is 0.254 e. The second kappa shape index (κ2) is 12.4. The highest BCUT2D eigenvalue weighted by atomic mass is 16.2. The van der Waals surface area contributed by atoms with E-state index in [4.69, 9.17) is 4.98 Å². The molecule has 0 radical (unpaired) electrons. The fourth-order valence-electron chi connectivity index (χ4n) is 5.61. The van der Waals surface area contributed by atoms with Crippen molar-refractivity contribution >= 4 is 11.8 Å². The standard InChI is InChI=1S/C32H38N4O2/c1-2-3-14-31(37)35-17-15-28(16-18-35)34-19-21-36(22-20-34)32(38)27-23-29(25-10-6-4-7-11-25)33-30(24-27)26-12-8-5-9-13-26/h4-13,23-24,28H,2-3,14-22H2,1H3. The summed E-state index contributed by atoms with van der Waals surface area (Å²) in [7, 11) is 0. The molecule has 0 saturated carbocycles. The van der Waals surface area contributed by atoms with Crippen LogP contribution < -0.4 is 0 Å². The molecule has 6 nitrogen and oxygen atoms in total. The zero-order valence-corrected chi connectivity index (χ0v) is 22.4. The Labute approximate surface area is 226 Å². The van der Waals surface area contributed by atoms with Gasteiger partial charge in [-0.3, -0.25) is 14.5 Å². The number of carbonyl (C=O) groups excluding carboxylic acids is 2. The number of amides is 2. The second-order valence-corrected chi connectivity index (χ2v) is 10.4. The lowest BCUT2D eigenvalue weighted by atomic mass is 10.0. The van der Waals surface area contributed by atoms with Crippen molar-refractivity contribution in [2.75, 3.05) is 39.3 Å². The van der Waals surface area contributed by atoms with Crippen LogP contribution in [0.2, 0.25) is 0 Å². The van der Waals surface area contributed by atoms with E-state index in [2.05, 4.69) is 11.8 Å². The van der Waals surface area contributed by atoms with Gasteiger partial charge in [-0.25, -0.2) is 4.98 Å². The summed E-state index contributed by atoms with van der Waals surface area (Å²) in [5.41, 5.74) is 4.32. The van der Waals surface area contributed by atoms with Gasteiger partial charge in [-0.1, -0.05) is 74.0 Å². The average Bonchev–Trinajstić information content (AvgIpc) is 3.00. The molecular formula is C32H38N4O2. The van der Waals surface area contributed by atoms with E-state index < -0.39 is 0 Å². The normalized spacial score (nSPS) is 17.0. The molecule has 0 unspecified atom stereocenters. The van der Waals surface area contributed by atoms with E-state index in [1.54, 1.807) is 0 Å². The van der Waals surface area contributed by atoms with Gasteiger partial charge in [-0.15, -0.1) is 0 Å². The van der Waals surface area contributed by atoms with Gasteiger partial charge in [0.15, 0.2) is 0 Å². The van der Waals surface area contributed by atoms with Crippen molar-refractivity contribution in [2.24, 2.45) is 0 Å². The van der Waals surface area contributed by atoms with E-state index in [0.717, 1.165) is 87.5 Å². The van der Waals surface area contributed by atoms with Crippen LogP contribution >= 0.6 is 0 Å². The lowest BCUT2D eigenvalue weighted by Gasteiger charge is -2.42. The Hall–Kier alpha value is -3.51. The number of aromatic nitrogens is 1. The fourth-order valence-corrected chi connectivity index (χ4v) is 5.61. The lowest BCUT2D eigenvalue weighted by Crippen LogP contribution is -2.54. The third kappa shape index (κ3) is 6.13. The van der Waals surface area contributed by atoms with Gasteiger partial charge in [0.05, 0.1) is 11.4 Å². The van der Waals surface area contributed by atoms with Crippen LogP contribution in [-0.2, 0) is 4.79 Å². The number of piperidine rings is 1. The molecule has 0 spiro atoms. The number of pyridine rings is 1. The minimum absolute atomic E-state index is 0.0674.